The van der Waals surface area contributed by atoms with Crippen LogP contribution in [0.2, 0.25) is 0 Å². The Balaban J connectivity index is 1.43. The molecular formula is C35H22B2N2O. The number of carbonyl (C=O) groups is 1. The molecule has 0 saturated heterocycles. The fourth-order valence-electron chi connectivity index (χ4n) is 7.31. The number of nitrogens with zero attached hydrogens (tertiary/aromatic N) is 2. The number of amides is 2. The summed E-state index contributed by atoms with van der Waals surface area (Å²) in [6.45, 7) is 0.0908. The summed E-state index contributed by atoms with van der Waals surface area (Å²) < 4.78 is 0. The maximum Gasteiger partial charge on any atom is 0.338 e. The molecule has 3 heterocycles. The fraction of sp³-hybridized carbons (Fsp3) is 0. The summed E-state index contributed by atoms with van der Waals surface area (Å²) in [4.78, 5) is 18.8. The number of para-hydroxylation sites is 2. The van der Waals surface area contributed by atoms with Crippen LogP contribution in [0.25, 0.3) is 10.8 Å². The monoisotopic (exact) mass is 508 g/mol. The van der Waals surface area contributed by atoms with Gasteiger partial charge in [-0.2, -0.15) is 0 Å². The van der Waals surface area contributed by atoms with Crippen molar-refractivity contribution in [2.45, 2.75) is 0 Å². The topological polar surface area (TPSA) is 23.6 Å². The first-order valence-corrected chi connectivity index (χ1v) is 13.8. The van der Waals surface area contributed by atoms with Crippen LogP contribution in [0.3, 0.4) is 0 Å². The van der Waals surface area contributed by atoms with Crippen LogP contribution in [0.5, 0.6) is 0 Å². The maximum absolute atomic E-state index is 14.8. The molecule has 0 bridgehead atoms. The quantitative estimate of drug-likeness (QED) is 0.326. The van der Waals surface area contributed by atoms with Crippen LogP contribution in [-0.2, 0) is 0 Å². The Hall–Kier alpha value is -5.02. The average Bonchev–Trinajstić information content (AvgIpc) is 3.02. The fourth-order valence-corrected chi connectivity index (χ4v) is 7.31. The number of urea groups is 1. The van der Waals surface area contributed by atoms with Crippen molar-refractivity contribution in [3.8, 4) is 0 Å². The first-order valence-electron chi connectivity index (χ1n) is 13.8. The third-order valence-electron chi connectivity index (χ3n) is 8.89. The summed E-state index contributed by atoms with van der Waals surface area (Å²) in [5.74, 6) is 0. The zero-order chi connectivity index (χ0) is 26.4. The van der Waals surface area contributed by atoms with Gasteiger partial charge in [0.05, 0.1) is 11.4 Å². The Bertz CT molecular complexity index is 1870. The van der Waals surface area contributed by atoms with E-state index < -0.39 is 0 Å². The van der Waals surface area contributed by atoms with Crippen molar-refractivity contribution in [1.82, 2.24) is 0 Å². The van der Waals surface area contributed by atoms with Gasteiger partial charge in [-0.25, -0.2) is 4.79 Å². The number of carbonyl (C=O) groups excluding carboxylic acids is 1. The first kappa shape index (κ1) is 21.9. The van der Waals surface area contributed by atoms with E-state index in [0.717, 1.165) is 44.4 Å². The lowest BCUT2D eigenvalue weighted by Crippen LogP contribution is -2.64. The number of anilines is 4. The molecule has 0 unspecified atom stereocenters. The molecule has 3 aliphatic rings. The molecule has 0 fully saturated rings. The van der Waals surface area contributed by atoms with E-state index in [1.807, 2.05) is 21.9 Å². The van der Waals surface area contributed by atoms with Gasteiger partial charge in [-0.15, -0.1) is 0 Å². The summed E-state index contributed by atoms with van der Waals surface area (Å²) in [5.41, 5.74) is 11.1. The molecule has 5 heteroatoms. The van der Waals surface area contributed by atoms with Gasteiger partial charge in [-0.05, 0) is 39.4 Å². The molecule has 0 atom stereocenters. The highest BCUT2D eigenvalue weighted by molar-refractivity contribution is 7.00. The molecule has 2 amide bonds. The Kier molecular flexibility index (Phi) is 4.37. The SMILES string of the molecule is O=C1N2c3ccccc3B(c3ccccc3)c3ccc4ccc5c(c4c32)N1c1ccccc1B5c1ccccc1. The largest absolute Gasteiger partial charge is 0.338 e. The summed E-state index contributed by atoms with van der Waals surface area (Å²) in [6.07, 6.45) is 0. The van der Waals surface area contributed by atoms with E-state index in [1.54, 1.807) is 0 Å². The van der Waals surface area contributed by atoms with Gasteiger partial charge in [0.15, 0.2) is 0 Å². The molecule has 0 N–H and O–H groups in total. The number of rotatable bonds is 2. The molecule has 0 saturated carbocycles. The van der Waals surface area contributed by atoms with Gasteiger partial charge in [-0.1, -0.05) is 132 Å². The first-order chi connectivity index (χ1) is 19.8. The van der Waals surface area contributed by atoms with E-state index >= 15 is 0 Å². The molecule has 0 aliphatic carbocycles. The minimum absolute atomic E-state index is 0.0216. The summed E-state index contributed by atoms with van der Waals surface area (Å²) >= 11 is 0. The number of benzene rings is 6. The highest BCUT2D eigenvalue weighted by Crippen LogP contribution is 2.46. The van der Waals surface area contributed by atoms with E-state index in [2.05, 4.69) is 121 Å². The number of fused-ring (bicyclic) bond motifs is 4. The molecule has 40 heavy (non-hydrogen) atoms. The average molecular weight is 508 g/mol. The molecule has 6 aromatic rings. The highest BCUT2D eigenvalue weighted by atomic mass is 16.2. The van der Waals surface area contributed by atoms with Crippen LogP contribution >= 0.6 is 0 Å². The van der Waals surface area contributed by atoms with Crippen molar-refractivity contribution in [1.29, 1.82) is 0 Å². The van der Waals surface area contributed by atoms with Crippen molar-refractivity contribution in [3.05, 3.63) is 133 Å². The highest BCUT2D eigenvalue weighted by Gasteiger charge is 2.47. The molecule has 0 aromatic heterocycles. The molecule has 3 aliphatic heterocycles. The molecular weight excluding hydrogens is 486 g/mol. The van der Waals surface area contributed by atoms with Crippen LogP contribution in [0.15, 0.2) is 133 Å². The van der Waals surface area contributed by atoms with Crippen LogP contribution in [0.4, 0.5) is 27.5 Å². The van der Waals surface area contributed by atoms with Crippen molar-refractivity contribution in [3.63, 3.8) is 0 Å². The minimum atomic E-state index is -0.0216. The van der Waals surface area contributed by atoms with E-state index in [0.29, 0.717) is 0 Å². The van der Waals surface area contributed by atoms with Crippen molar-refractivity contribution < 1.29 is 4.79 Å². The Labute approximate surface area is 233 Å². The zero-order valence-electron chi connectivity index (χ0n) is 21.7. The van der Waals surface area contributed by atoms with Crippen molar-refractivity contribution >= 4 is 85.8 Å². The standard InChI is InChI=1S/C35H22B2N2O/c40-35-38-30-17-9-7-15-26(30)36(24-11-3-1-4-12-24)28-21-19-23-20-22-29-34(32(23)33(28)38)39(35)31-18-10-8-16-27(31)37(29)25-13-5-2-6-14-25/h1-22H. The second-order valence-electron chi connectivity index (χ2n) is 10.9. The normalized spacial score (nSPS) is 14.3. The summed E-state index contributed by atoms with van der Waals surface area (Å²) in [5, 5.41) is 2.30. The van der Waals surface area contributed by atoms with Gasteiger partial charge in [0.1, 0.15) is 0 Å². The van der Waals surface area contributed by atoms with Crippen LogP contribution < -0.4 is 42.6 Å². The second kappa shape index (κ2) is 8.00. The lowest BCUT2D eigenvalue weighted by Gasteiger charge is -2.46. The van der Waals surface area contributed by atoms with E-state index in [4.69, 9.17) is 0 Å². The predicted molar refractivity (Wildman–Crippen MR) is 169 cm³/mol. The van der Waals surface area contributed by atoms with Gasteiger partial charge in [0, 0.05) is 16.8 Å². The van der Waals surface area contributed by atoms with Gasteiger partial charge in [-0.3, -0.25) is 9.80 Å². The van der Waals surface area contributed by atoms with Crippen molar-refractivity contribution in [2.24, 2.45) is 0 Å². The van der Waals surface area contributed by atoms with E-state index in [9.17, 15) is 4.79 Å². The van der Waals surface area contributed by atoms with Gasteiger partial charge >= 0.3 is 6.03 Å². The third-order valence-corrected chi connectivity index (χ3v) is 8.89. The zero-order valence-corrected chi connectivity index (χ0v) is 21.7. The van der Waals surface area contributed by atoms with E-state index in [1.165, 1.54) is 21.9 Å². The van der Waals surface area contributed by atoms with E-state index in [-0.39, 0.29) is 19.5 Å². The molecule has 9 rings (SSSR count). The Morgan fingerprint density at radius 3 is 1.32 bits per heavy atom. The van der Waals surface area contributed by atoms with Crippen LogP contribution in [0, 0.1) is 0 Å². The second-order valence-corrected chi connectivity index (χ2v) is 10.9. The summed E-state index contributed by atoms with van der Waals surface area (Å²) in [6, 6.07) is 47.1. The lowest BCUT2D eigenvalue weighted by atomic mass is 9.34. The molecule has 6 aromatic carbocycles. The number of hydrogen-bond acceptors (Lipinski definition) is 1. The van der Waals surface area contributed by atoms with Crippen molar-refractivity contribution in [2.75, 3.05) is 9.80 Å². The van der Waals surface area contributed by atoms with Crippen LogP contribution in [-0.4, -0.2) is 19.5 Å². The maximum atomic E-state index is 14.8. The Morgan fingerprint density at radius 1 is 0.425 bits per heavy atom. The minimum Gasteiger partial charge on any atom is -0.263 e. The molecule has 184 valence electrons. The predicted octanol–water partition coefficient (Wildman–Crippen LogP) is 3.91. The lowest BCUT2D eigenvalue weighted by molar-refractivity contribution is 0.255. The molecule has 0 radical (unpaired) electrons. The number of hydrogen-bond donors (Lipinski definition) is 0. The Morgan fingerprint density at radius 2 is 0.850 bits per heavy atom. The third kappa shape index (κ3) is 2.74. The van der Waals surface area contributed by atoms with Gasteiger partial charge < -0.3 is 0 Å². The summed E-state index contributed by atoms with van der Waals surface area (Å²) in [7, 11) is 0. The van der Waals surface area contributed by atoms with Gasteiger partial charge in [0.25, 0.3) is 0 Å². The molecule has 3 nitrogen and oxygen atoms in total. The van der Waals surface area contributed by atoms with Crippen LogP contribution in [0.1, 0.15) is 0 Å². The van der Waals surface area contributed by atoms with Gasteiger partial charge in [0.2, 0.25) is 13.4 Å². The molecule has 0 spiro atoms. The smallest absolute Gasteiger partial charge is 0.263 e.